The van der Waals surface area contributed by atoms with E-state index in [0.717, 1.165) is 37.0 Å². The SMILES string of the molecule is CC1CCCN(C(N)=NCCc2ccc(Cl)cc2)C1.I. The Morgan fingerprint density at radius 1 is 1.40 bits per heavy atom. The van der Waals surface area contributed by atoms with Crippen molar-refractivity contribution in [3.8, 4) is 0 Å². The lowest BCUT2D eigenvalue weighted by atomic mass is 10.0. The number of halogens is 2. The predicted molar refractivity (Wildman–Crippen MR) is 97.0 cm³/mol. The number of likely N-dealkylation sites (tertiary alicyclic amines) is 1. The molecule has 0 aliphatic carbocycles. The number of aliphatic imine (C=N–C) groups is 1. The highest BCUT2D eigenvalue weighted by molar-refractivity contribution is 14.0. The molecule has 1 heterocycles. The summed E-state index contributed by atoms with van der Waals surface area (Å²) in [6.07, 6.45) is 3.42. The van der Waals surface area contributed by atoms with Gasteiger partial charge in [-0.05, 0) is 42.9 Å². The van der Waals surface area contributed by atoms with Crippen molar-refractivity contribution in [2.24, 2.45) is 16.6 Å². The van der Waals surface area contributed by atoms with Gasteiger partial charge < -0.3 is 10.6 Å². The van der Waals surface area contributed by atoms with Gasteiger partial charge in [0.15, 0.2) is 5.96 Å². The Bertz CT molecular complexity index is 433. The second kappa shape index (κ2) is 8.72. The van der Waals surface area contributed by atoms with Crippen molar-refractivity contribution in [1.82, 2.24) is 4.90 Å². The van der Waals surface area contributed by atoms with Crippen LogP contribution in [0.1, 0.15) is 25.3 Å². The predicted octanol–water partition coefficient (Wildman–Crippen LogP) is 3.55. The van der Waals surface area contributed by atoms with Crippen LogP contribution in [0.25, 0.3) is 0 Å². The Hall–Kier alpha value is -0.490. The van der Waals surface area contributed by atoms with Crippen LogP contribution < -0.4 is 5.73 Å². The molecule has 0 saturated carbocycles. The molecule has 1 unspecified atom stereocenters. The third-order valence-corrected chi connectivity index (χ3v) is 3.82. The maximum absolute atomic E-state index is 6.05. The van der Waals surface area contributed by atoms with Gasteiger partial charge in [-0.3, -0.25) is 4.99 Å². The number of nitrogens with two attached hydrogens (primary N) is 1. The van der Waals surface area contributed by atoms with Crippen LogP contribution in [0.3, 0.4) is 0 Å². The van der Waals surface area contributed by atoms with E-state index in [0.29, 0.717) is 5.96 Å². The monoisotopic (exact) mass is 407 g/mol. The number of piperidine rings is 1. The first-order chi connectivity index (χ1) is 9.15. The van der Waals surface area contributed by atoms with Gasteiger partial charge >= 0.3 is 0 Å². The summed E-state index contributed by atoms with van der Waals surface area (Å²) in [5, 5.41) is 0.772. The van der Waals surface area contributed by atoms with Crippen molar-refractivity contribution >= 4 is 41.5 Å². The molecule has 0 spiro atoms. The summed E-state index contributed by atoms with van der Waals surface area (Å²) in [6.45, 7) is 5.09. The number of hydrogen-bond donors (Lipinski definition) is 1. The van der Waals surface area contributed by atoms with Gasteiger partial charge in [0.25, 0.3) is 0 Å². The van der Waals surface area contributed by atoms with Gasteiger partial charge in [-0.25, -0.2) is 0 Å². The summed E-state index contributed by atoms with van der Waals surface area (Å²) in [4.78, 5) is 6.69. The van der Waals surface area contributed by atoms with E-state index in [9.17, 15) is 0 Å². The van der Waals surface area contributed by atoms with E-state index < -0.39 is 0 Å². The quantitative estimate of drug-likeness (QED) is 0.473. The van der Waals surface area contributed by atoms with Crippen LogP contribution in [0.5, 0.6) is 0 Å². The summed E-state index contributed by atoms with van der Waals surface area (Å²) in [5.41, 5.74) is 7.30. The standard InChI is InChI=1S/C15H22ClN3.HI/c1-12-3-2-10-19(11-12)15(17)18-9-8-13-4-6-14(16)7-5-13;/h4-7,12H,2-3,8-11H2,1H3,(H2,17,18);1H. The Balaban J connectivity index is 0.00000200. The molecule has 3 nitrogen and oxygen atoms in total. The molecule has 0 bridgehead atoms. The Morgan fingerprint density at radius 3 is 2.75 bits per heavy atom. The normalized spacial score (nSPS) is 19.6. The molecule has 1 saturated heterocycles. The molecule has 5 heteroatoms. The molecule has 0 amide bonds. The number of hydrogen-bond acceptors (Lipinski definition) is 1. The lowest BCUT2D eigenvalue weighted by Gasteiger charge is -2.31. The van der Waals surface area contributed by atoms with Crippen LogP contribution in [-0.4, -0.2) is 30.5 Å². The minimum atomic E-state index is 0. The highest BCUT2D eigenvalue weighted by atomic mass is 127. The molecular weight excluding hydrogens is 385 g/mol. The van der Waals surface area contributed by atoms with Gasteiger partial charge in [0.05, 0.1) is 0 Å². The van der Waals surface area contributed by atoms with Gasteiger partial charge in [-0.2, -0.15) is 0 Å². The highest BCUT2D eigenvalue weighted by Crippen LogP contribution is 2.15. The first kappa shape index (κ1) is 17.6. The van der Waals surface area contributed by atoms with Crippen LogP contribution in [-0.2, 0) is 6.42 Å². The molecule has 1 aromatic rings. The summed E-state index contributed by atoms with van der Waals surface area (Å²) in [5.74, 6) is 1.42. The number of rotatable bonds is 3. The molecule has 2 rings (SSSR count). The van der Waals surface area contributed by atoms with Crippen LogP contribution in [0.15, 0.2) is 29.3 Å². The smallest absolute Gasteiger partial charge is 0.191 e. The highest BCUT2D eigenvalue weighted by Gasteiger charge is 2.17. The fourth-order valence-electron chi connectivity index (χ4n) is 2.45. The summed E-state index contributed by atoms with van der Waals surface area (Å²) in [7, 11) is 0. The van der Waals surface area contributed by atoms with Gasteiger partial charge in [0.1, 0.15) is 0 Å². The van der Waals surface area contributed by atoms with Crippen LogP contribution >= 0.6 is 35.6 Å². The van der Waals surface area contributed by atoms with Crippen molar-refractivity contribution in [3.05, 3.63) is 34.9 Å². The minimum Gasteiger partial charge on any atom is -0.370 e. The maximum atomic E-state index is 6.05. The zero-order valence-electron chi connectivity index (χ0n) is 11.9. The lowest BCUT2D eigenvalue weighted by Crippen LogP contribution is -2.43. The van der Waals surface area contributed by atoms with Crippen LogP contribution in [0.4, 0.5) is 0 Å². The second-order valence-corrected chi connectivity index (χ2v) is 5.75. The minimum absolute atomic E-state index is 0. The van der Waals surface area contributed by atoms with Gasteiger partial charge in [-0.15, -0.1) is 24.0 Å². The number of nitrogens with zero attached hydrogens (tertiary/aromatic N) is 2. The van der Waals surface area contributed by atoms with Crippen LogP contribution in [0, 0.1) is 5.92 Å². The van der Waals surface area contributed by atoms with Crippen LogP contribution in [0.2, 0.25) is 5.02 Å². The second-order valence-electron chi connectivity index (χ2n) is 5.31. The van der Waals surface area contributed by atoms with Crippen molar-refractivity contribution in [1.29, 1.82) is 0 Å². The van der Waals surface area contributed by atoms with E-state index in [1.54, 1.807) is 0 Å². The van der Waals surface area contributed by atoms with E-state index in [1.807, 2.05) is 24.3 Å². The van der Waals surface area contributed by atoms with E-state index in [2.05, 4.69) is 16.8 Å². The van der Waals surface area contributed by atoms with Crippen molar-refractivity contribution in [2.75, 3.05) is 19.6 Å². The van der Waals surface area contributed by atoms with Gasteiger partial charge in [0, 0.05) is 24.7 Å². The van der Waals surface area contributed by atoms with E-state index in [4.69, 9.17) is 17.3 Å². The maximum Gasteiger partial charge on any atom is 0.191 e. The average molecular weight is 408 g/mol. The third-order valence-electron chi connectivity index (χ3n) is 3.57. The zero-order chi connectivity index (χ0) is 13.7. The van der Waals surface area contributed by atoms with Gasteiger partial charge in [-0.1, -0.05) is 30.7 Å². The molecule has 1 aliphatic heterocycles. The number of guanidine groups is 1. The molecule has 0 aromatic heterocycles. The summed E-state index contributed by atoms with van der Waals surface area (Å²) >= 11 is 5.86. The first-order valence-corrected chi connectivity index (χ1v) is 7.32. The fraction of sp³-hybridized carbons (Fsp3) is 0.533. The Kier molecular flexibility index (Phi) is 7.66. The molecule has 0 radical (unpaired) electrons. The van der Waals surface area contributed by atoms with Crippen molar-refractivity contribution in [2.45, 2.75) is 26.2 Å². The molecule has 2 N–H and O–H groups in total. The largest absolute Gasteiger partial charge is 0.370 e. The van der Waals surface area contributed by atoms with Crippen molar-refractivity contribution in [3.63, 3.8) is 0 Å². The molecule has 1 fully saturated rings. The zero-order valence-corrected chi connectivity index (χ0v) is 15.0. The van der Waals surface area contributed by atoms with E-state index >= 15 is 0 Å². The number of benzene rings is 1. The molecule has 1 aromatic carbocycles. The molecule has 1 atom stereocenters. The summed E-state index contributed by atoms with van der Waals surface area (Å²) < 4.78 is 0. The molecular formula is C15H23ClIN3. The first-order valence-electron chi connectivity index (χ1n) is 6.94. The topological polar surface area (TPSA) is 41.6 Å². The fourth-order valence-corrected chi connectivity index (χ4v) is 2.57. The average Bonchev–Trinajstić information content (AvgIpc) is 2.41. The Labute approximate surface area is 143 Å². The van der Waals surface area contributed by atoms with E-state index in [1.165, 1.54) is 18.4 Å². The van der Waals surface area contributed by atoms with Gasteiger partial charge in [0.2, 0.25) is 0 Å². The Morgan fingerprint density at radius 2 is 2.10 bits per heavy atom. The third kappa shape index (κ3) is 5.48. The lowest BCUT2D eigenvalue weighted by molar-refractivity contribution is 0.270. The molecule has 1 aliphatic rings. The van der Waals surface area contributed by atoms with Crippen molar-refractivity contribution < 1.29 is 0 Å². The molecule has 112 valence electrons. The molecule has 20 heavy (non-hydrogen) atoms. The summed E-state index contributed by atoms with van der Waals surface area (Å²) in [6, 6.07) is 7.90. The van der Waals surface area contributed by atoms with E-state index in [-0.39, 0.29) is 24.0 Å².